The monoisotopic (exact) mass is 535 g/mol. The number of hydrogen-bond acceptors (Lipinski definition) is 5. The number of nitrogens with one attached hydrogen (secondary N) is 2. The van der Waals surface area contributed by atoms with E-state index in [1.807, 2.05) is 12.2 Å². The van der Waals surface area contributed by atoms with Crippen LogP contribution in [0, 0.1) is 5.41 Å². The topological polar surface area (TPSA) is 101 Å². The molecule has 2 fully saturated rings. The number of halogens is 1. The predicted molar refractivity (Wildman–Crippen MR) is 146 cm³/mol. The minimum Gasteiger partial charge on any atom is -0.359 e. The average Bonchev–Trinajstić information content (AvgIpc) is 3.61. The molecule has 9 heteroatoms. The van der Waals surface area contributed by atoms with Crippen LogP contribution in [0.4, 0.5) is 0 Å². The van der Waals surface area contributed by atoms with E-state index in [2.05, 4.69) is 38.6 Å². The number of aromatic nitrogens is 4. The van der Waals surface area contributed by atoms with E-state index >= 15 is 0 Å². The number of fused-ring (bicyclic) bond motifs is 1. The van der Waals surface area contributed by atoms with Crippen LogP contribution in [0.2, 0.25) is 0 Å². The molecule has 38 heavy (non-hydrogen) atoms. The maximum atomic E-state index is 13.6. The number of rotatable bonds is 8. The molecule has 0 saturated heterocycles. The Kier molecular flexibility index (Phi) is 6.86. The van der Waals surface area contributed by atoms with Gasteiger partial charge in [-0.2, -0.15) is 9.50 Å². The number of H-pyrrole nitrogens is 1. The fourth-order valence-corrected chi connectivity index (χ4v) is 6.32. The zero-order chi connectivity index (χ0) is 26.2. The van der Waals surface area contributed by atoms with Crippen LogP contribution in [-0.4, -0.2) is 37.6 Å². The van der Waals surface area contributed by atoms with E-state index in [0.29, 0.717) is 36.7 Å². The highest BCUT2D eigenvalue weighted by molar-refractivity contribution is 6.32. The first kappa shape index (κ1) is 25.3. The molecular formula is C29H34ClN5O3. The van der Waals surface area contributed by atoms with Gasteiger partial charge in [-0.25, -0.2) is 0 Å². The summed E-state index contributed by atoms with van der Waals surface area (Å²) >= 11 is 6.53. The molecule has 8 nitrogen and oxygen atoms in total. The molecule has 2 heterocycles. The standard InChI is InChI=1S/C29H34ClN5O3/c30-23-12-6-5-11-22(23)28(15-16-28)19-31-26(37)29(13-7-2-8-14-29)38-18-21-17-24(36)35-27(32-21)33-25(34-35)20-9-3-1-4-10-20/h1,3,9,11-12,17H,2,4-8,10,13-16,18-19H2,(H,31,37)(H,32,33,34). The summed E-state index contributed by atoms with van der Waals surface area (Å²) in [5.74, 6) is 0.872. The summed E-state index contributed by atoms with van der Waals surface area (Å²) in [6, 6.07) is 1.48. The lowest BCUT2D eigenvalue weighted by Gasteiger charge is -2.36. The normalized spacial score (nSPS) is 22.0. The second kappa shape index (κ2) is 10.3. The van der Waals surface area contributed by atoms with Gasteiger partial charge in [0.1, 0.15) is 5.60 Å². The van der Waals surface area contributed by atoms with Crippen molar-refractivity contribution in [2.24, 2.45) is 5.41 Å². The highest BCUT2D eigenvalue weighted by atomic mass is 35.5. The second-order valence-electron chi connectivity index (χ2n) is 11.0. The number of aromatic amines is 1. The van der Waals surface area contributed by atoms with Gasteiger partial charge in [-0.15, -0.1) is 5.10 Å². The van der Waals surface area contributed by atoms with Crippen LogP contribution >= 0.6 is 11.6 Å². The molecule has 0 atom stereocenters. The summed E-state index contributed by atoms with van der Waals surface area (Å²) in [7, 11) is 0. The minimum absolute atomic E-state index is 0.0509. The highest BCUT2D eigenvalue weighted by Gasteiger charge is 2.49. The zero-order valence-electron chi connectivity index (χ0n) is 21.6. The van der Waals surface area contributed by atoms with E-state index in [1.165, 1.54) is 16.2 Å². The number of hydrogen-bond donors (Lipinski definition) is 2. The van der Waals surface area contributed by atoms with Crippen molar-refractivity contribution in [3.63, 3.8) is 0 Å². The number of carbonyl (C=O) groups excluding carboxylic acids is 1. The summed E-state index contributed by atoms with van der Waals surface area (Å²) in [5, 5.41) is 8.47. The summed E-state index contributed by atoms with van der Waals surface area (Å²) in [4.78, 5) is 34.2. The molecule has 0 unspecified atom stereocenters. The van der Waals surface area contributed by atoms with Gasteiger partial charge >= 0.3 is 0 Å². The molecule has 4 aliphatic carbocycles. The van der Waals surface area contributed by atoms with Crippen molar-refractivity contribution in [1.29, 1.82) is 0 Å². The number of allylic oxidation sites excluding steroid dienone is 7. The fraction of sp³-hybridized carbons (Fsp3) is 0.517. The molecule has 2 N–H and O–H groups in total. The maximum Gasteiger partial charge on any atom is 0.275 e. The van der Waals surface area contributed by atoms with Gasteiger partial charge in [-0.05, 0) is 62.5 Å². The van der Waals surface area contributed by atoms with E-state index < -0.39 is 5.60 Å². The SMILES string of the molecule is O=C(NCC1(C2=CCCC=C2Cl)CC1)C1(OCc2cc(=O)n3nc(C4=CC=CCC4)nc3[nH]2)CCCCC1. The van der Waals surface area contributed by atoms with E-state index in [0.717, 1.165) is 68.4 Å². The number of carbonyl (C=O) groups is 1. The summed E-state index contributed by atoms with van der Waals surface area (Å²) < 4.78 is 7.67. The molecule has 0 radical (unpaired) electrons. The highest BCUT2D eigenvalue weighted by Crippen LogP contribution is 2.55. The van der Waals surface area contributed by atoms with Crippen LogP contribution in [-0.2, 0) is 16.1 Å². The third kappa shape index (κ3) is 4.92. The van der Waals surface area contributed by atoms with Gasteiger partial charge in [0, 0.05) is 28.8 Å². The average molecular weight is 536 g/mol. The molecule has 4 aliphatic rings. The Morgan fingerprint density at radius 2 is 1.95 bits per heavy atom. The van der Waals surface area contributed by atoms with Crippen molar-refractivity contribution in [3.05, 3.63) is 68.9 Å². The van der Waals surface area contributed by atoms with Gasteiger partial charge < -0.3 is 15.0 Å². The Labute approximate surface area is 226 Å². The van der Waals surface area contributed by atoms with Crippen molar-refractivity contribution in [2.45, 2.75) is 82.8 Å². The van der Waals surface area contributed by atoms with Crippen molar-refractivity contribution in [2.75, 3.05) is 6.54 Å². The van der Waals surface area contributed by atoms with Gasteiger partial charge in [-0.3, -0.25) is 9.59 Å². The molecule has 0 aromatic carbocycles. The Morgan fingerprint density at radius 1 is 1.13 bits per heavy atom. The Balaban J connectivity index is 1.17. The fourth-order valence-electron chi connectivity index (χ4n) is 5.93. The zero-order valence-corrected chi connectivity index (χ0v) is 22.4. The lowest BCUT2D eigenvalue weighted by molar-refractivity contribution is -0.154. The molecule has 0 spiro atoms. The lowest BCUT2D eigenvalue weighted by atomic mass is 9.83. The number of ether oxygens (including phenoxy) is 1. The van der Waals surface area contributed by atoms with Gasteiger partial charge in [0.25, 0.3) is 11.5 Å². The van der Waals surface area contributed by atoms with Crippen LogP contribution in [0.3, 0.4) is 0 Å². The van der Waals surface area contributed by atoms with Crippen LogP contribution in [0.25, 0.3) is 11.4 Å². The lowest BCUT2D eigenvalue weighted by Crippen LogP contribution is -2.51. The largest absolute Gasteiger partial charge is 0.359 e. The Morgan fingerprint density at radius 3 is 2.68 bits per heavy atom. The first-order valence-corrected chi connectivity index (χ1v) is 14.2. The third-order valence-electron chi connectivity index (χ3n) is 8.37. The van der Waals surface area contributed by atoms with E-state index in [1.54, 1.807) is 0 Å². The summed E-state index contributed by atoms with van der Waals surface area (Å²) in [6.45, 7) is 0.695. The van der Waals surface area contributed by atoms with Crippen molar-refractivity contribution in [3.8, 4) is 0 Å². The molecule has 0 aliphatic heterocycles. The summed E-state index contributed by atoms with van der Waals surface area (Å²) in [5.41, 5.74) is 1.55. The minimum atomic E-state index is -0.907. The first-order valence-electron chi connectivity index (χ1n) is 13.8. The third-order valence-corrected chi connectivity index (χ3v) is 8.73. The summed E-state index contributed by atoms with van der Waals surface area (Å²) in [6.07, 6.45) is 20.5. The first-order chi connectivity index (χ1) is 18.5. The van der Waals surface area contributed by atoms with Gasteiger partial charge in [0.2, 0.25) is 5.78 Å². The smallest absolute Gasteiger partial charge is 0.275 e. The van der Waals surface area contributed by atoms with E-state index in [4.69, 9.17) is 16.3 Å². The number of amides is 1. The van der Waals surface area contributed by atoms with Gasteiger partial charge in [0.05, 0.1) is 6.61 Å². The molecule has 200 valence electrons. The molecule has 6 rings (SSSR count). The van der Waals surface area contributed by atoms with Crippen molar-refractivity contribution >= 4 is 28.9 Å². The molecular weight excluding hydrogens is 502 g/mol. The Bertz CT molecular complexity index is 1420. The number of nitrogens with zero attached hydrogens (tertiary/aromatic N) is 3. The van der Waals surface area contributed by atoms with Crippen LogP contribution < -0.4 is 10.9 Å². The molecule has 2 aromatic rings. The molecule has 2 saturated carbocycles. The molecule has 1 amide bonds. The molecule has 2 aromatic heterocycles. The van der Waals surface area contributed by atoms with Gasteiger partial charge in [-0.1, -0.05) is 61.2 Å². The van der Waals surface area contributed by atoms with Crippen LogP contribution in [0.15, 0.2) is 51.8 Å². The second-order valence-corrected chi connectivity index (χ2v) is 11.4. The Hall–Kier alpha value is -2.97. The van der Waals surface area contributed by atoms with Crippen LogP contribution in [0.5, 0.6) is 0 Å². The van der Waals surface area contributed by atoms with Crippen molar-refractivity contribution in [1.82, 2.24) is 24.9 Å². The van der Waals surface area contributed by atoms with E-state index in [9.17, 15) is 9.59 Å². The van der Waals surface area contributed by atoms with Gasteiger partial charge in [0.15, 0.2) is 5.82 Å². The van der Waals surface area contributed by atoms with Crippen molar-refractivity contribution < 1.29 is 9.53 Å². The van der Waals surface area contributed by atoms with E-state index in [-0.39, 0.29) is 23.5 Å². The quantitative estimate of drug-likeness (QED) is 0.489. The maximum absolute atomic E-state index is 13.6. The molecule has 0 bridgehead atoms. The predicted octanol–water partition coefficient (Wildman–Crippen LogP) is 5.11. The van der Waals surface area contributed by atoms with Crippen LogP contribution in [0.1, 0.15) is 82.1 Å².